The summed E-state index contributed by atoms with van der Waals surface area (Å²) >= 11 is 2.05. The topological polar surface area (TPSA) is 32.3 Å². The maximum atomic E-state index is 12.1. The Morgan fingerprint density at radius 1 is 1.39 bits per heavy atom. The highest BCUT2D eigenvalue weighted by atomic mass is 32.2. The number of carbonyl (C=O) groups is 1. The van der Waals surface area contributed by atoms with Crippen LogP contribution in [-0.4, -0.2) is 47.0 Å². The van der Waals surface area contributed by atoms with Crippen LogP contribution in [0.1, 0.15) is 46.0 Å². The van der Waals surface area contributed by atoms with E-state index in [1.807, 2.05) is 0 Å². The Hall–Kier alpha value is -0.220. The highest BCUT2D eigenvalue weighted by molar-refractivity contribution is 7.99. The summed E-state index contributed by atoms with van der Waals surface area (Å²) in [5, 5.41) is 3.85. The van der Waals surface area contributed by atoms with Crippen molar-refractivity contribution in [2.24, 2.45) is 0 Å². The third-order valence-electron chi connectivity index (χ3n) is 3.91. The van der Waals surface area contributed by atoms with Crippen LogP contribution in [0.25, 0.3) is 0 Å². The Labute approximate surface area is 115 Å². The second-order valence-electron chi connectivity index (χ2n) is 5.53. The maximum Gasteiger partial charge on any atom is 0.237 e. The Kier molecular flexibility index (Phi) is 5.37. The van der Waals surface area contributed by atoms with Crippen LogP contribution in [0, 0.1) is 0 Å². The molecule has 0 radical (unpaired) electrons. The van der Waals surface area contributed by atoms with Crippen molar-refractivity contribution in [1.82, 2.24) is 10.2 Å². The Morgan fingerprint density at radius 3 is 2.83 bits per heavy atom. The zero-order valence-corrected chi connectivity index (χ0v) is 12.5. The van der Waals surface area contributed by atoms with E-state index in [0.29, 0.717) is 11.3 Å². The predicted octanol–water partition coefficient (Wildman–Crippen LogP) is 2.26. The molecule has 18 heavy (non-hydrogen) atoms. The molecule has 1 aliphatic carbocycles. The molecule has 0 spiro atoms. The van der Waals surface area contributed by atoms with E-state index < -0.39 is 0 Å². The summed E-state index contributed by atoms with van der Waals surface area (Å²) in [4.78, 5) is 14.5. The van der Waals surface area contributed by atoms with Crippen LogP contribution >= 0.6 is 11.8 Å². The van der Waals surface area contributed by atoms with Gasteiger partial charge in [0.1, 0.15) is 0 Å². The second-order valence-corrected chi connectivity index (χ2v) is 7.10. The molecule has 104 valence electrons. The molecule has 1 saturated carbocycles. The molecule has 1 aliphatic heterocycles. The summed E-state index contributed by atoms with van der Waals surface area (Å²) in [6.45, 7) is 6.46. The normalized spacial score (nSPS) is 27.6. The minimum atomic E-state index is 0.0451. The summed E-state index contributed by atoms with van der Waals surface area (Å²) in [6.07, 6.45) is 6.21. The fraction of sp³-hybridized carbons (Fsp3) is 0.929. The van der Waals surface area contributed by atoms with Crippen LogP contribution in [0.4, 0.5) is 0 Å². The average Bonchev–Trinajstić information content (AvgIpc) is 3.16. The van der Waals surface area contributed by atoms with Gasteiger partial charge in [0, 0.05) is 17.8 Å². The Balaban J connectivity index is 1.85. The van der Waals surface area contributed by atoms with E-state index in [4.69, 9.17) is 0 Å². The summed E-state index contributed by atoms with van der Waals surface area (Å²) in [6, 6.07) is 0.524. The molecule has 1 saturated heterocycles. The molecule has 1 amide bonds. The smallest absolute Gasteiger partial charge is 0.237 e. The number of amides is 1. The standard InChI is InChI=1S/C14H26N2OS/c1-3-18-13-6-4-5-9-16(10-13)11(2)14(17)15-12-7-8-12/h11-13H,3-10H2,1-2H3,(H,15,17)/t11-,13+/m1/s1. The van der Waals surface area contributed by atoms with Crippen molar-refractivity contribution in [3.05, 3.63) is 0 Å². The first kappa shape index (κ1) is 14.2. The fourth-order valence-electron chi connectivity index (χ4n) is 2.57. The van der Waals surface area contributed by atoms with Crippen molar-refractivity contribution in [3.63, 3.8) is 0 Å². The third kappa shape index (κ3) is 4.16. The zero-order valence-electron chi connectivity index (χ0n) is 11.7. The van der Waals surface area contributed by atoms with E-state index in [0.717, 1.165) is 13.1 Å². The highest BCUT2D eigenvalue weighted by Gasteiger charge is 2.30. The molecule has 2 fully saturated rings. The van der Waals surface area contributed by atoms with Crippen molar-refractivity contribution in [3.8, 4) is 0 Å². The van der Waals surface area contributed by atoms with E-state index in [9.17, 15) is 4.79 Å². The Morgan fingerprint density at radius 2 is 2.17 bits per heavy atom. The quantitative estimate of drug-likeness (QED) is 0.832. The maximum absolute atomic E-state index is 12.1. The number of rotatable bonds is 5. The average molecular weight is 270 g/mol. The van der Waals surface area contributed by atoms with Gasteiger partial charge in [-0.05, 0) is 44.9 Å². The molecule has 3 nitrogen and oxygen atoms in total. The molecule has 2 aliphatic rings. The molecule has 0 aromatic rings. The van der Waals surface area contributed by atoms with Gasteiger partial charge in [-0.2, -0.15) is 11.8 Å². The van der Waals surface area contributed by atoms with E-state index in [1.165, 1.54) is 37.9 Å². The monoisotopic (exact) mass is 270 g/mol. The third-order valence-corrected chi connectivity index (χ3v) is 5.10. The highest BCUT2D eigenvalue weighted by Crippen LogP contribution is 2.24. The number of nitrogens with zero attached hydrogens (tertiary/aromatic N) is 1. The first-order chi connectivity index (χ1) is 8.70. The molecule has 0 aromatic carbocycles. The molecule has 1 N–H and O–H groups in total. The largest absolute Gasteiger partial charge is 0.352 e. The number of hydrogen-bond donors (Lipinski definition) is 1. The first-order valence-electron chi connectivity index (χ1n) is 7.36. The number of carbonyl (C=O) groups excluding carboxylic acids is 1. The van der Waals surface area contributed by atoms with E-state index in [2.05, 4.69) is 35.8 Å². The second kappa shape index (κ2) is 6.80. The van der Waals surface area contributed by atoms with Crippen LogP contribution in [0.15, 0.2) is 0 Å². The molecule has 0 bridgehead atoms. The number of thioether (sulfide) groups is 1. The number of hydrogen-bond acceptors (Lipinski definition) is 3. The van der Waals surface area contributed by atoms with Gasteiger partial charge in [-0.1, -0.05) is 13.3 Å². The zero-order chi connectivity index (χ0) is 13.0. The van der Waals surface area contributed by atoms with Crippen molar-refractivity contribution < 1.29 is 4.79 Å². The van der Waals surface area contributed by atoms with Gasteiger partial charge in [0.25, 0.3) is 0 Å². The summed E-state index contributed by atoms with van der Waals surface area (Å²) < 4.78 is 0. The molecule has 0 unspecified atom stereocenters. The lowest BCUT2D eigenvalue weighted by molar-refractivity contribution is -0.126. The van der Waals surface area contributed by atoms with Gasteiger partial charge in [-0.3, -0.25) is 9.69 Å². The summed E-state index contributed by atoms with van der Waals surface area (Å²) in [7, 11) is 0. The van der Waals surface area contributed by atoms with Gasteiger partial charge < -0.3 is 5.32 Å². The number of likely N-dealkylation sites (tertiary alicyclic amines) is 1. The molecule has 4 heteroatoms. The molecular formula is C14H26N2OS. The van der Waals surface area contributed by atoms with E-state index in [1.54, 1.807) is 0 Å². The van der Waals surface area contributed by atoms with Crippen LogP contribution in [-0.2, 0) is 4.79 Å². The fourth-order valence-corrected chi connectivity index (χ4v) is 3.67. The molecule has 0 aromatic heterocycles. The number of nitrogens with one attached hydrogen (secondary N) is 1. The molecular weight excluding hydrogens is 244 g/mol. The van der Waals surface area contributed by atoms with E-state index in [-0.39, 0.29) is 11.9 Å². The van der Waals surface area contributed by atoms with Gasteiger partial charge in [-0.25, -0.2) is 0 Å². The van der Waals surface area contributed by atoms with Crippen molar-refractivity contribution in [1.29, 1.82) is 0 Å². The molecule has 2 atom stereocenters. The van der Waals surface area contributed by atoms with Crippen LogP contribution in [0.5, 0.6) is 0 Å². The lowest BCUT2D eigenvalue weighted by Gasteiger charge is -2.29. The van der Waals surface area contributed by atoms with Gasteiger partial charge in [-0.15, -0.1) is 0 Å². The minimum absolute atomic E-state index is 0.0451. The van der Waals surface area contributed by atoms with Crippen molar-refractivity contribution >= 4 is 17.7 Å². The van der Waals surface area contributed by atoms with Crippen molar-refractivity contribution in [2.75, 3.05) is 18.8 Å². The van der Waals surface area contributed by atoms with Crippen LogP contribution in [0.3, 0.4) is 0 Å². The van der Waals surface area contributed by atoms with Gasteiger partial charge in [0.15, 0.2) is 0 Å². The SMILES string of the molecule is CCS[C@H]1CCCCN([C@H](C)C(=O)NC2CC2)C1. The van der Waals surface area contributed by atoms with Gasteiger partial charge >= 0.3 is 0 Å². The minimum Gasteiger partial charge on any atom is -0.352 e. The first-order valence-corrected chi connectivity index (χ1v) is 8.41. The Bertz CT molecular complexity index is 281. The van der Waals surface area contributed by atoms with Crippen LogP contribution in [0.2, 0.25) is 0 Å². The molecule has 1 heterocycles. The summed E-state index contributed by atoms with van der Waals surface area (Å²) in [5.41, 5.74) is 0. The van der Waals surface area contributed by atoms with Gasteiger partial charge in [0.05, 0.1) is 6.04 Å². The lowest BCUT2D eigenvalue weighted by atomic mass is 10.2. The molecule has 2 rings (SSSR count). The van der Waals surface area contributed by atoms with Crippen LogP contribution < -0.4 is 5.32 Å². The van der Waals surface area contributed by atoms with Gasteiger partial charge in [0.2, 0.25) is 5.91 Å². The van der Waals surface area contributed by atoms with Crippen molar-refractivity contribution in [2.45, 2.75) is 63.3 Å². The van der Waals surface area contributed by atoms with E-state index >= 15 is 0 Å². The summed E-state index contributed by atoms with van der Waals surface area (Å²) in [5.74, 6) is 1.42. The lowest BCUT2D eigenvalue weighted by Crippen LogP contribution is -2.47. The predicted molar refractivity (Wildman–Crippen MR) is 78.0 cm³/mol.